The Morgan fingerprint density at radius 3 is 2.69 bits per heavy atom. The zero-order chi connectivity index (χ0) is 25.3. The van der Waals surface area contributed by atoms with Gasteiger partial charge in [0.25, 0.3) is 0 Å². The second-order valence-corrected chi connectivity index (χ2v) is 10.5. The summed E-state index contributed by atoms with van der Waals surface area (Å²) in [6.45, 7) is 6.55. The zero-order valence-corrected chi connectivity index (χ0v) is 20.3. The molecule has 8 nitrogen and oxygen atoms in total. The number of halogens is 2. The van der Waals surface area contributed by atoms with E-state index in [0.717, 1.165) is 24.2 Å². The molecule has 0 saturated heterocycles. The number of nitrogens with one attached hydrogen (secondary N) is 2. The first-order valence-electron chi connectivity index (χ1n) is 11.1. The maximum absolute atomic E-state index is 15.2. The summed E-state index contributed by atoms with van der Waals surface area (Å²) in [5.41, 5.74) is 0.507. The van der Waals surface area contributed by atoms with Crippen LogP contribution in [0, 0.1) is 17.6 Å². The fourth-order valence-corrected chi connectivity index (χ4v) is 4.93. The Morgan fingerprint density at radius 2 is 1.97 bits per heavy atom. The van der Waals surface area contributed by atoms with Gasteiger partial charge >= 0.3 is 0 Å². The number of nitrogens with zero attached hydrogens (tertiary/aromatic N) is 3. The van der Waals surface area contributed by atoms with E-state index in [-0.39, 0.29) is 11.3 Å². The molecule has 0 aliphatic heterocycles. The van der Waals surface area contributed by atoms with Crippen LogP contribution in [0.3, 0.4) is 0 Å². The van der Waals surface area contributed by atoms with Crippen LogP contribution in [0.2, 0.25) is 0 Å². The SMILES string of the molecule is CCCS(=O)(=O)Nc1ccc(F)c(C(=O)c2c[nH]c3ncc(-c4cnn(CC(C)C)c4)cc23)c1F. The molecule has 0 atom stereocenters. The largest absolute Gasteiger partial charge is 0.345 e. The molecule has 0 spiro atoms. The molecule has 0 aliphatic rings. The van der Waals surface area contributed by atoms with Crippen LogP contribution < -0.4 is 4.72 Å². The summed E-state index contributed by atoms with van der Waals surface area (Å²) in [6, 6.07) is 3.52. The number of anilines is 1. The number of sulfonamides is 1. The first-order chi connectivity index (χ1) is 16.6. The number of hydrogen-bond donors (Lipinski definition) is 2. The number of aromatic nitrogens is 4. The summed E-state index contributed by atoms with van der Waals surface area (Å²) in [7, 11) is -3.84. The third kappa shape index (κ3) is 5.09. The lowest BCUT2D eigenvalue weighted by molar-refractivity contribution is 0.103. The third-order valence-electron chi connectivity index (χ3n) is 5.35. The zero-order valence-electron chi connectivity index (χ0n) is 19.5. The van der Waals surface area contributed by atoms with Crippen LogP contribution in [0.4, 0.5) is 14.5 Å². The van der Waals surface area contributed by atoms with E-state index >= 15 is 4.39 Å². The van der Waals surface area contributed by atoms with Gasteiger partial charge in [0.1, 0.15) is 11.5 Å². The third-order valence-corrected chi connectivity index (χ3v) is 6.83. The van der Waals surface area contributed by atoms with Gasteiger partial charge in [0, 0.05) is 47.2 Å². The number of ketones is 1. The summed E-state index contributed by atoms with van der Waals surface area (Å²) in [5.74, 6) is -3.14. The lowest BCUT2D eigenvalue weighted by atomic mass is 10.0. The van der Waals surface area contributed by atoms with Crippen molar-refractivity contribution in [3.63, 3.8) is 0 Å². The molecule has 0 unspecified atom stereocenters. The van der Waals surface area contributed by atoms with Gasteiger partial charge in [-0.05, 0) is 30.5 Å². The maximum atomic E-state index is 15.2. The van der Waals surface area contributed by atoms with Crippen molar-refractivity contribution in [2.75, 3.05) is 10.5 Å². The number of carbonyl (C=O) groups excluding carboxylic acids is 1. The molecule has 0 fully saturated rings. The van der Waals surface area contributed by atoms with E-state index in [2.05, 4.69) is 33.6 Å². The molecule has 11 heteroatoms. The highest BCUT2D eigenvalue weighted by Crippen LogP contribution is 2.29. The van der Waals surface area contributed by atoms with E-state index in [0.29, 0.717) is 28.9 Å². The summed E-state index contributed by atoms with van der Waals surface area (Å²) in [4.78, 5) is 20.4. The predicted octanol–water partition coefficient (Wildman–Crippen LogP) is 4.74. The highest BCUT2D eigenvalue weighted by Gasteiger charge is 2.26. The van der Waals surface area contributed by atoms with Crippen molar-refractivity contribution in [3.05, 3.63) is 65.7 Å². The van der Waals surface area contributed by atoms with E-state index in [9.17, 15) is 17.6 Å². The fraction of sp³-hybridized carbons (Fsp3) is 0.292. The van der Waals surface area contributed by atoms with E-state index in [1.807, 2.05) is 10.9 Å². The molecule has 0 amide bonds. The average Bonchev–Trinajstić information content (AvgIpc) is 3.41. The Morgan fingerprint density at radius 1 is 1.20 bits per heavy atom. The molecule has 0 aliphatic carbocycles. The number of aromatic amines is 1. The van der Waals surface area contributed by atoms with Gasteiger partial charge in [-0.15, -0.1) is 0 Å². The Balaban J connectivity index is 1.73. The Bertz CT molecular complexity index is 1510. The number of benzene rings is 1. The topological polar surface area (TPSA) is 110 Å². The van der Waals surface area contributed by atoms with Crippen LogP contribution in [0.15, 0.2) is 43.0 Å². The molecule has 35 heavy (non-hydrogen) atoms. The van der Waals surface area contributed by atoms with Gasteiger partial charge in [-0.3, -0.25) is 14.2 Å². The van der Waals surface area contributed by atoms with Gasteiger partial charge in [0.15, 0.2) is 5.82 Å². The number of carbonyl (C=O) groups is 1. The normalized spacial score (nSPS) is 11.9. The van der Waals surface area contributed by atoms with Gasteiger partial charge in [-0.1, -0.05) is 20.8 Å². The standard InChI is InChI=1S/C24H25F2N5O3S/c1-4-7-35(33,34)30-20-6-5-19(25)21(22(20)26)23(32)18-11-28-24-17(18)8-15(9-27-24)16-10-29-31(13-16)12-14(2)3/h5-6,8-11,13-14,30H,4,7,12H2,1-3H3,(H,27,28). The molecule has 4 aromatic rings. The lowest BCUT2D eigenvalue weighted by Crippen LogP contribution is -2.18. The molecule has 3 aromatic heterocycles. The van der Waals surface area contributed by atoms with Crippen molar-refractivity contribution >= 4 is 32.5 Å². The van der Waals surface area contributed by atoms with Crippen LogP contribution in [-0.2, 0) is 16.6 Å². The molecule has 0 saturated carbocycles. The quantitative estimate of drug-likeness (QED) is 0.322. The highest BCUT2D eigenvalue weighted by atomic mass is 32.2. The van der Waals surface area contributed by atoms with Crippen LogP contribution in [-0.4, -0.2) is 39.7 Å². The summed E-state index contributed by atoms with van der Waals surface area (Å²) in [5, 5.41) is 4.71. The van der Waals surface area contributed by atoms with Crippen molar-refractivity contribution < 1.29 is 22.0 Å². The second kappa shape index (κ2) is 9.57. The molecular formula is C24H25F2N5O3S. The van der Waals surface area contributed by atoms with E-state index in [4.69, 9.17) is 0 Å². The Labute approximate surface area is 201 Å². The predicted molar refractivity (Wildman–Crippen MR) is 130 cm³/mol. The maximum Gasteiger partial charge on any atom is 0.232 e. The van der Waals surface area contributed by atoms with E-state index < -0.39 is 38.7 Å². The smallest absolute Gasteiger partial charge is 0.232 e. The van der Waals surface area contributed by atoms with Crippen LogP contribution in [0.5, 0.6) is 0 Å². The summed E-state index contributed by atoms with van der Waals surface area (Å²) in [6.07, 6.45) is 6.81. The van der Waals surface area contributed by atoms with Gasteiger partial charge in [0.05, 0.1) is 23.2 Å². The van der Waals surface area contributed by atoms with E-state index in [1.54, 1.807) is 25.4 Å². The number of rotatable bonds is 9. The average molecular weight is 502 g/mol. The van der Waals surface area contributed by atoms with E-state index in [1.165, 1.54) is 6.20 Å². The second-order valence-electron chi connectivity index (χ2n) is 8.70. The first-order valence-corrected chi connectivity index (χ1v) is 12.8. The molecule has 4 rings (SSSR count). The van der Waals surface area contributed by atoms with Gasteiger partial charge in [0.2, 0.25) is 15.8 Å². The monoisotopic (exact) mass is 501 g/mol. The molecule has 0 bridgehead atoms. The summed E-state index contributed by atoms with van der Waals surface area (Å²) < 4.78 is 57.9. The van der Waals surface area contributed by atoms with Crippen molar-refractivity contribution in [2.45, 2.75) is 33.7 Å². The first kappa shape index (κ1) is 24.5. The molecule has 1 aromatic carbocycles. The van der Waals surface area contributed by atoms with Crippen LogP contribution in [0.25, 0.3) is 22.2 Å². The number of hydrogen-bond acceptors (Lipinski definition) is 5. The molecule has 3 heterocycles. The number of fused-ring (bicyclic) bond motifs is 1. The molecule has 184 valence electrons. The minimum Gasteiger partial charge on any atom is -0.345 e. The lowest BCUT2D eigenvalue weighted by Gasteiger charge is -2.11. The van der Waals surface area contributed by atoms with Crippen molar-refractivity contribution in [1.82, 2.24) is 19.7 Å². The van der Waals surface area contributed by atoms with Gasteiger partial charge < -0.3 is 4.98 Å². The minimum absolute atomic E-state index is 0.00953. The molecular weight excluding hydrogens is 476 g/mol. The molecule has 2 N–H and O–H groups in total. The van der Waals surface area contributed by atoms with Gasteiger partial charge in [-0.2, -0.15) is 5.10 Å². The fourth-order valence-electron chi connectivity index (χ4n) is 3.80. The van der Waals surface area contributed by atoms with Crippen molar-refractivity contribution in [1.29, 1.82) is 0 Å². The number of pyridine rings is 1. The van der Waals surface area contributed by atoms with Crippen LogP contribution in [0.1, 0.15) is 43.1 Å². The van der Waals surface area contributed by atoms with Gasteiger partial charge in [-0.25, -0.2) is 22.2 Å². The Hall–Kier alpha value is -3.60. The minimum atomic E-state index is -3.84. The summed E-state index contributed by atoms with van der Waals surface area (Å²) >= 11 is 0. The highest BCUT2D eigenvalue weighted by molar-refractivity contribution is 7.92. The number of H-pyrrole nitrogens is 1. The van der Waals surface area contributed by atoms with Crippen molar-refractivity contribution in [3.8, 4) is 11.1 Å². The van der Waals surface area contributed by atoms with Crippen molar-refractivity contribution in [2.24, 2.45) is 5.92 Å². The van der Waals surface area contributed by atoms with Crippen LogP contribution >= 0.6 is 0 Å². The Kier molecular flexibility index (Phi) is 6.70. The molecule has 0 radical (unpaired) electrons.